The van der Waals surface area contributed by atoms with E-state index in [0.717, 1.165) is 0 Å². The highest BCUT2D eigenvalue weighted by atomic mass is 16.5. The normalized spacial score (nSPS) is 10.4. The zero-order valence-corrected chi connectivity index (χ0v) is 11.8. The summed E-state index contributed by atoms with van der Waals surface area (Å²) in [5.74, 6) is -1.40. The SMILES string of the molecule is COCCNC(=O)C(=O)N/N=C\c1ccc(O)c(OC)c1. The van der Waals surface area contributed by atoms with E-state index in [1.165, 1.54) is 32.6 Å². The number of phenols is 1. The molecule has 0 atom stereocenters. The van der Waals surface area contributed by atoms with Crippen LogP contribution < -0.4 is 15.5 Å². The Hall–Kier alpha value is -2.61. The monoisotopic (exact) mass is 295 g/mol. The van der Waals surface area contributed by atoms with Crippen LogP contribution >= 0.6 is 0 Å². The molecule has 8 heteroatoms. The van der Waals surface area contributed by atoms with Gasteiger partial charge in [-0.2, -0.15) is 5.10 Å². The Morgan fingerprint density at radius 1 is 1.33 bits per heavy atom. The number of hydrogen-bond donors (Lipinski definition) is 3. The zero-order valence-electron chi connectivity index (χ0n) is 11.8. The number of nitrogens with one attached hydrogen (secondary N) is 2. The lowest BCUT2D eigenvalue weighted by Gasteiger charge is -2.04. The fraction of sp³-hybridized carbons (Fsp3) is 0.308. The molecule has 8 nitrogen and oxygen atoms in total. The van der Waals surface area contributed by atoms with E-state index >= 15 is 0 Å². The van der Waals surface area contributed by atoms with Crippen molar-refractivity contribution in [1.82, 2.24) is 10.7 Å². The van der Waals surface area contributed by atoms with Crippen LogP contribution in [0.2, 0.25) is 0 Å². The van der Waals surface area contributed by atoms with Crippen molar-refractivity contribution in [3.05, 3.63) is 23.8 Å². The first-order valence-electron chi connectivity index (χ1n) is 6.05. The standard InChI is InChI=1S/C13H17N3O5/c1-20-6-5-14-12(18)13(19)16-15-8-9-3-4-10(17)11(7-9)21-2/h3-4,7-8,17H,5-6H2,1-2H3,(H,14,18)(H,16,19)/b15-8-. The minimum absolute atomic E-state index is 0.00351. The molecular weight excluding hydrogens is 278 g/mol. The van der Waals surface area contributed by atoms with Gasteiger partial charge in [0.15, 0.2) is 11.5 Å². The van der Waals surface area contributed by atoms with Gasteiger partial charge in [-0.05, 0) is 23.8 Å². The quantitative estimate of drug-likeness (QED) is 0.287. The maximum Gasteiger partial charge on any atom is 0.329 e. The lowest BCUT2D eigenvalue weighted by Crippen LogP contribution is -2.39. The molecule has 21 heavy (non-hydrogen) atoms. The number of methoxy groups -OCH3 is 2. The minimum Gasteiger partial charge on any atom is -0.504 e. The van der Waals surface area contributed by atoms with Gasteiger partial charge in [0.05, 0.1) is 19.9 Å². The highest BCUT2D eigenvalue weighted by molar-refractivity contribution is 6.35. The number of nitrogens with zero attached hydrogens (tertiary/aromatic N) is 1. The molecule has 0 radical (unpaired) electrons. The summed E-state index contributed by atoms with van der Waals surface area (Å²) in [6.45, 7) is 0.553. The number of amides is 2. The third-order valence-corrected chi connectivity index (χ3v) is 2.38. The van der Waals surface area contributed by atoms with Gasteiger partial charge >= 0.3 is 11.8 Å². The van der Waals surface area contributed by atoms with Crippen LogP contribution in [-0.2, 0) is 14.3 Å². The average molecular weight is 295 g/mol. The summed E-state index contributed by atoms with van der Waals surface area (Å²) in [6, 6.07) is 4.54. The number of carbonyl (C=O) groups excluding carboxylic acids is 2. The Morgan fingerprint density at radius 3 is 2.76 bits per heavy atom. The van der Waals surface area contributed by atoms with E-state index in [1.807, 2.05) is 0 Å². The summed E-state index contributed by atoms with van der Waals surface area (Å²) in [4.78, 5) is 22.7. The van der Waals surface area contributed by atoms with Crippen molar-refractivity contribution < 1.29 is 24.2 Å². The molecule has 0 unspecified atom stereocenters. The molecule has 0 aromatic heterocycles. The Bertz CT molecular complexity index is 531. The molecule has 0 saturated carbocycles. The molecule has 3 N–H and O–H groups in total. The second kappa shape index (κ2) is 8.54. The first kappa shape index (κ1) is 16.4. The van der Waals surface area contributed by atoms with Crippen molar-refractivity contribution >= 4 is 18.0 Å². The first-order chi connectivity index (χ1) is 10.1. The van der Waals surface area contributed by atoms with Crippen LogP contribution in [-0.4, -0.2) is 50.5 Å². The second-order valence-electron chi connectivity index (χ2n) is 3.88. The lowest BCUT2D eigenvalue weighted by molar-refractivity contribution is -0.139. The van der Waals surface area contributed by atoms with Crippen LogP contribution in [0.3, 0.4) is 0 Å². The zero-order chi connectivity index (χ0) is 15.7. The van der Waals surface area contributed by atoms with Gasteiger partial charge in [-0.3, -0.25) is 9.59 Å². The van der Waals surface area contributed by atoms with E-state index in [-0.39, 0.29) is 18.0 Å². The highest BCUT2D eigenvalue weighted by Gasteiger charge is 2.11. The largest absolute Gasteiger partial charge is 0.504 e. The van der Waals surface area contributed by atoms with Crippen LogP contribution in [0, 0.1) is 0 Å². The molecule has 0 aliphatic rings. The van der Waals surface area contributed by atoms with Crippen molar-refractivity contribution in [2.75, 3.05) is 27.4 Å². The average Bonchev–Trinajstić information content (AvgIpc) is 2.48. The topological polar surface area (TPSA) is 109 Å². The van der Waals surface area contributed by atoms with Crippen LogP contribution in [0.5, 0.6) is 11.5 Å². The van der Waals surface area contributed by atoms with Crippen molar-refractivity contribution in [2.24, 2.45) is 5.10 Å². The van der Waals surface area contributed by atoms with Gasteiger partial charge in [0.2, 0.25) is 0 Å². The number of carbonyl (C=O) groups is 2. The minimum atomic E-state index is -0.881. The summed E-state index contributed by atoms with van der Waals surface area (Å²) in [6.07, 6.45) is 1.32. The summed E-state index contributed by atoms with van der Waals surface area (Å²) < 4.78 is 9.67. The summed E-state index contributed by atoms with van der Waals surface area (Å²) in [5, 5.41) is 15.4. The van der Waals surface area contributed by atoms with Crippen LogP contribution in [0.15, 0.2) is 23.3 Å². The smallest absolute Gasteiger partial charge is 0.329 e. The van der Waals surface area contributed by atoms with E-state index in [4.69, 9.17) is 9.47 Å². The van der Waals surface area contributed by atoms with Gasteiger partial charge in [0.25, 0.3) is 0 Å². The lowest BCUT2D eigenvalue weighted by atomic mass is 10.2. The fourth-order valence-corrected chi connectivity index (χ4v) is 1.34. The van der Waals surface area contributed by atoms with Crippen molar-refractivity contribution in [2.45, 2.75) is 0 Å². The molecule has 2 amide bonds. The van der Waals surface area contributed by atoms with E-state index in [9.17, 15) is 14.7 Å². The van der Waals surface area contributed by atoms with Crippen LogP contribution in [0.4, 0.5) is 0 Å². The summed E-state index contributed by atoms with van der Waals surface area (Å²) >= 11 is 0. The van der Waals surface area contributed by atoms with E-state index in [0.29, 0.717) is 12.2 Å². The summed E-state index contributed by atoms with van der Waals surface area (Å²) in [5.41, 5.74) is 2.67. The number of phenolic OH excluding ortho intramolecular Hbond substituents is 1. The Morgan fingerprint density at radius 2 is 2.10 bits per heavy atom. The number of hydrogen-bond acceptors (Lipinski definition) is 6. The Balaban J connectivity index is 2.50. The third-order valence-electron chi connectivity index (χ3n) is 2.38. The number of benzene rings is 1. The fourth-order valence-electron chi connectivity index (χ4n) is 1.34. The Kier molecular flexibility index (Phi) is 6.69. The molecule has 0 spiro atoms. The summed E-state index contributed by atoms with van der Waals surface area (Å²) in [7, 11) is 2.91. The number of aromatic hydroxyl groups is 1. The molecule has 0 fully saturated rings. The molecular formula is C13H17N3O5. The van der Waals surface area contributed by atoms with Crippen molar-refractivity contribution in [1.29, 1.82) is 0 Å². The molecule has 114 valence electrons. The van der Waals surface area contributed by atoms with Gasteiger partial charge in [-0.1, -0.05) is 0 Å². The van der Waals surface area contributed by atoms with Crippen molar-refractivity contribution in [3.63, 3.8) is 0 Å². The maximum absolute atomic E-state index is 11.4. The van der Waals surface area contributed by atoms with E-state index < -0.39 is 11.8 Å². The van der Waals surface area contributed by atoms with Crippen LogP contribution in [0.25, 0.3) is 0 Å². The molecule has 0 aliphatic carbocycles. The number of hydrazone groups is 1. The highest BCUT2D eigenvalue weighted by Crippen LogP contribution is 2.25. The number of ether oxygens (including phenoxy) is 2. The maximum atomic E-state index is 11.4. The van der Waals surface area contributed by atoms with Gasteiger partial charge in [0.1, 0.15) is 0 Å². The molecule has 1 rings (SSSR count). The van der Waals surface area contributed by atoms with Gasteiger partial charge in [-0.15, -0.1) is 0 Å². The molecule has 0 aliphatic heterocycles. The first-order valence-corrected chi connectivity index (χ1v) is 6.05. The molecule has 0 bridgehead atoms. The molecule has 0 saturated heterocycles. The third kappa shape index (κ3) is 5.49. The van der Waals surface area contributed by atoms with Gasteiger partial charge < -0.3 is 19.9 Å². The van der Waals surface area contributed by atoms with Gasteiger partial charge in [0, 0.05) is 13.7 Å². The Labute approximate surface area is 121 Å². The molecule has 1 aromatic rings. The van der Waals surface area contributed by atoms with Crippen LogP contribution in [0.1, 0.15) is 5.56 Å². The predicted molar refractivity (Wildman–Crippen MR) is 75.3 cm³/mol. The predicted octanol–water partition coefficient (Wildman–Crippen LogP) is -0.386. The van der Waals surface area contributed by atoms with E-state index in [2.05, 4.69) is 15.8 Å². The van der Waals surface area contributed by atoms with Gasteiger partial charge in [-0.25, -0.2) is 5.43 Å². The second-order valence-corrected chi connectivity index (χ2v) is 3.88. The number of rotatable bonds is 6. The van der Waals surface area contributed by atoms with E-state index in [1.54, 1.807) is 6.07 Å². The molecule has 1 aromatic carbocycles. The molecule has 0 heterocycles. The van der Waals surface area contributed by atoms with Crippen molar-refractivity contribution in [3.8, 4) is 11.5 Å².